The molecule has 1 unspecified atom stereocenters. The fourth-order valence-corrected chi connectivity index (χ4v) is 8.83. The average Bonchev–Trinajstić information content (AvgIpc) is 2.97. The van der Waals surface area contributed by atoms with Crippen molar-refractivity contribution in [2.75, 3.05) is 20.4 Å². The van der Waals surface area contributed by atoms with Crippen LogP contribution in [-0.2, 0) is 0 Å². The van der Waals surface area contributed by atoms with Crippen LogP contribution >= 0.6 is 6.91 Å². The molecule has 0 amide bonds. The maximum absolute atomic E-state index is 18.5. The average molecular weight is 529 g/mol. The summed E-state index contributed by atoms with van der Waals surface area (Å²) >= 11 is 0. The van der Waals surface area contributed by atoms with Crippen LogP contribution in [-0.4, -0.2) is 36.9 Å². The Hall–Kier alpha value is -4.22. The van der Waals surface area contributed by atoms with Crippen molar-refractivity contribution in [2.24, 2.45) is 10.7 Å². The normalized spacial score (nSPS) is 16.3. The van der Waals surface area contributed by atoms with Crippen molar-refractivity contribution in [1.29, 1.82) is 0 Å². The van der Waals surface area contributed by atoms with Gasteiger partial charge in [0.1, 0.15) is 0 Å². The summed E-state index contributed by atoms with van der Waals surface area (Å²) in [7, 11) is 3.83. The van der Waals surface area contributed by atoms with Crippen LogP contribution in [0, 0.1) is 0 Å². The maximum atomic E-state index is 18.5. The van der Waals surface area contributed by atoms with Crippen molar-refractivity contribution in [3.63, 3.8) is 0 Å². The molecular formula is C30H32FN5OP+. The number of rotatable bonds is 7. The van der Waals surface area contributed by atoms with Gasteiger partial charge in [-0.2, -0.15) is 0 Å². The summed E-state index contributed by atoms with van der Waals surface area (Å²) in [6.07, 6.45) is -0.473. The zero-order valence-corrected chi connectivity index (χ0v) is 22.4. The molecule has 38 heavy (non-hydrogen) atoms. The van der Waals surface area contributed by atoms with E-state index >= 15 is 4.20 Å². The molecule has 0 fully saturated rings. The second-order valence-electron chi connectivity index (χ2n) is 9.46. The molecular weight excluding hydrogens is 496 g/mol. The quantitative estimate of drug-likeness (QED) is 0.253. The fourth-order valence-electron chi connectivity index (χ4n) is 4.72. The fraction of sp³-hybridized carbons (Fsp3) is 0.133. The predicted octanol–water partition coefficient (Wildman–Crippen LogP) is 3.57. The minimum absolute atomic E-state index is 0.127. The monoisotopic (exact) mass is 528 g/mol. The van der Waals surface area contributed by atoms with E-state index in [1.807, 2.05) is 134 Å². The van der Waals surface area contributed by atoms with Gasteiger partial charge in [-0.05, 0) is 0 Å². The van der Waals surface area contributed by atoms with Gasteiger partial charge in [-0.25, -0.2) is 0 Å². The molecule has 0 aromatic heterocycles. The van der Waals surface area contributed by atoms with Crippen LogP contribution in [0.4, 0.5) is 4.20 Å². The van der Waals surface area contributed by atoms with E-state index in [0.717, 1.165) is 11.5 Å². The zero-order valence-electron chi connectivity index (χ0n) is 21.5. The number of aliphatic imine (C=N–C) groups is 1. The molecule has 194 valence electrons. The van der Waals surface area contributed by atoms with Gasteiger partial charge >= 0.3 is 223 Å². The van der Waals surface area contributed by atoms with Gasteiger partial charge in [-0.15, -0.1) is 0 Å². The topological polar surface area (TPSA) is 74.7 Å². The SMILES string of the molecule is C[N+](C)=C1NC(N)=NC(c2ccc(OCP(F)(c3ccccc3)(c3ccccc3)c3ccccc3)cc2)N1. The number of hydrogen-bond acceptors (Lipinski definition) is 3. The molecule has 1 aliphatic rings. The Balaban J connectivity index is 1.52. The van der Waals surface area contributed by atoms with Gasteiger partial charge in [0.15, 0.2) is 0 Å². The summed E-state index contributed by atoms with van der Waals surface area (Å²) in [5.74, 6) is 1.67. The van der Waals surface area contributed by atoms with Crippen molar-refractivity contribution in [2.45, 2.75) is 6.17 Å². The predicted molar refractivity (Wildman–Crippen MR) is 156 cm³/mol. The third-order valence-corrected chi connectivity index (χ3v) is 11.5. The molecule has 6 nitrogen and oxygen atoms in total. The summed E-state index contributed by atoms with van der Waals surface area (Å²) in [5.41, 5.74) is 6.90. The van der Waals surface area contributed by atoms with Crippen LogP contribution in [0.3, 0.4) is 0 Å². The molecule has 5 rings (SSSR count). The number of ether oxygens (including phenoxy) is 1. The van der Waals surface area contributed by atoms with Crippen LogP contribution in [0.5, 0.6) is 5.75 Å². The second-order valence-corrected chi connectivity index (χ2v) is 13.6. The van der Waals surface area contributed by atoms with E-state index in [2.05, 4.69) is 15.6 Å². The molecule has 4 N–H and O–H groups in total. The van der Waals surface area contributed by atoms with Gasteiger partial charge in [0.25, 0.3) is 0 Å². The van der Waals surface area contributed by atoms with Crippen LogP contribution in [0.15, 0.2) is 120 Å². The molecule has 0 saturated heterocycles. The Kier molecular flexibility index (Phi) is 6.87. The first kappa shape index (κ1) is 25.4. The van der Waals surface area contributed by atoms with Crippen molar-refractivity contribution in [3.05, 3.63) is 121 Å². The number of nitrogens with zero attached hydrogens (tertiary/aromatic N) is 2. The van der Waals surface area contributed by atoms with Crippen LogP contribution in [0.25, 0.3) is 0 Å². The Morgan fingerprint density at radius 1 is 0.789 bits per heavy atom. The van der Waals surface area contributed by atoms with E-state index < -0.39 is 6.91 Å². The Labute approximate surface area is 222 Å². The Bertz CT molecular complexity index is 1360. The first-order valence-corrected chi connectivity index (χ1v) is 14.7. The van der Waals surface area contributed by atoms with E-state index in [0.29, 0.717) is 27.6 Å². The number of nitrogens with one attached hydrogen (secondary N) is 2. The van der Waals surface area contributed by atoms with E-state index in [1.165, 1.54) is 0 Å². The van der Waals surface area contributed by atoms with Crippen LogP contribution < -0.4 is 37.0 Å². The van der Waals surface area contributed by atoms with E-state index in [1.54, 1.807) is 0 Å². The van der Waals surface area contributed by atoms with Crippen LogP contribution in [0.1, 0.15) is 11.7 Å². The number of benzene rings is 4. The van der Waals surface area contributed by atoms with Gasteiger partial charge in [0.05, 0.1) is 0 Å². The summed E-state index contributed by atoms with van der Waals surface area (Å²) in [6.45, 7) is -4.49. The number of hydrogen-bond donors (Lipinski definition) is 3. The van der Waals surface area contributed by atoms with Crippen molar-refractivity contribution in [1.82, 2.24) is 10.6 Å². The molecule has 1 atom stereocenters. The minimum atomic E-state index is -4.49. The molecule has 0 spiro atoms. The second kappa shape index (κ2) is 10.3. The molecule has 0 aliphatic carbocycles. The molecule has 1 heterocycles. The zero-order chi connectivity index (χ0) is 26.6. The molecule has 0 bridgehead atoms. The molecule has 4 aromatic carbocycles. The van der Waals surface area contributed by atoms with Crippen molar-refractivity contribution < 1.29 is 13.5 Å². The van der Waals surface area contributed by atoms with E-state index in [-0.39, 0.29) is 12.5 Å². The summed E-state index contributed by atoms with van der Waals surface area (Å²) in [4.78, 5) is 4.46. The number of halogens is 1. The summed E-state index contributed by atoms with van der Waals surface area (Å²) in [6, 6.07) is 35.8. The first-order chi connectivity index (χ1) is 18.4. The van der Waals surface area contributed by atoms with Crippen LogP contribution in [0.2, 0.25) is 0 Å². The van der Waals surface area contributed by atoms with Gasteiger partial charge < -0.3 is 0 Å². The Morgan fingerprint density at radius 2 is 1.26 bits per heavy atom. The van der Waals surface area contributed by atoms with Gasteiger partial charge in [-0.3, -0.25) is 0 Å². The van der Waals surface area contributed by atoms with Gasteiger partial charge in [0.2, 0.25) is 0 Å². The standard InChI is InChI=1S/C30H31FN5OP/c1-36(2)30-34-28(33-29(32)35-30)23-18-20-24(21-19-23)37-22-38(31,25-12-6-3-7-13-25,26-14-8-4-9-15-26)27-16-10-5-11-17-27/h3-21,28H,22H2,1-2H3,(H3,32,33,34,35)/p+1. The van der Waals surface area contributed by atoms with Crippen molar-refractivity contribution in [3.8, 4) is 5.75 Å². The first-order valence-electron chi connectivity index (χ1n) is 12.4. The third kappa shape index (κ3) is 4.61. The van der Waals surface area contributed by atoms with E-state index in [4.69, 9.17) is 10.5 Å². The Morgan fingerprint density at radius 3 is 1.71 bits per heavy atom. The molecule has 0 radical (unpaired) electrons. The van der Waals surface area contributed by atoms with Crippen molar-refractivity contribution >= 4 is 34.7 Å². The number of nitrogens with two attached hydrogens (primary N) is 1. The third-order valence-electron chi connectivity index (χ3n) is 6.79. The molecule has 1 aliphatic heterocycles. The molecule has 8 heteroatoms. The number of guanidine groups is 2. The van der Waals surface area contributed by atoms with E-state index in [9.17, 15) is 0 Å². The van der Waals surface area contributed by atoms with Gasteiger partial charge in [-0.1, -0.05) is 0 Å². The summed E-state index contributed by atoms with van der Waals surface area (Å²) < 4.78 is 26.8. The summed E-state index contributed by atoms with van der Waals surface area (Å²) in [5, 5.41) is 8.21. The van der Waals surface area contributed by atoms with Gasteiger partial charge in [0, 0.05) is 0 Å². The molecule has 0 saturated carbocycles. The molecule has 4 aromatic rings.